The predicted octanol–water partition coefficient (Wildman–Crippen LogP) is 2.83. The molecule has 0 fully saturated rings. The molecule has 15 heavy (non-hydrogen) atoms. The van der Waals surface area contributed by atoms with Crippen LogP contribution in [-0.4, -0.2) is 13.0 Å². The molecule has 0 saturated carbocycles. The Morgan fingerprint density at radius 3 is 2.27 bits per heavy atom. The van der Waals surface area contributed by atoms with Crippen molar-refractivity contribution in [2.45, 2.75) is 20.8 Å². The van der Waals surface area contributed by atoms with Gasteiger partial charge < -0.3 is 4.90 Å². The summed E-state index contributed by atoms with van der Waals surface area (Å²) in [6, 6.07) is 6.26. The second-order valence-electron chi connectivity index (χ2n) is 4.57. The average Bonchev–Trinajstić information content (AvgIpc) is 2.15. The first-order chi connectivity index (χ1) is 6.84. The normalized spacial score (nSPS) is 11.3. The first kappa shape index (κ1) is 11.7. The highest BCUT2D eigenvalue weighted by atomic mass is 19.1. The van der Waals surface area contributed by atoms with Crippen LogP contribution in [0.5, 0.6) is 0 Å². The summed E-state index contributed by atoms with van der Waals surface area (Å²) < 4.78 is 13.4. The lowest BCUT2D eigenvalue weighted by Crippen LogP contribution is -2.37. The highest BCUT2D eigenvalue weighted by Crippen LogP contribution is 2.23. The molecule has 0 bridgehead atoms. The third-order valence-corrected chi connectivity index (χ3v) is 2.16. The van der Waals surface area contributed by atoms with Gasteiger partial charge in [-0.1, -0.05) is 32.9 Å². The van der Waals surface area contributed by atoms with Crippen LogP contribution >= 0.6 is 0 Å². The molecule has 0 N–H and O–H groups in total. The van der Waals surface area contributed by atoms with Gasteiger partial charge in [-0.05, 0) is 12.1 Å². The Balaban J connectivity index is 3.01. The van der Waals surface area contributed by atoms with Crippen molar-refractivity contribution in [3.63, 3.8) is 0 Å². The van der Waals surface area contributed by atoms with E-state index in [1.807, 2.05) is 20.8 Å². The number of rotatable bonds is 1. The fraction of sp³-hybridized carbons (Fsp3) is 0.417. The molecule has 0 aromatic heterocycles. The number of carbonyl (C=O) groups is 1. The Bertz CT molecular complexity index is 368. The maximum Gasteiger partial charge on any atom is 0.232 e. The van der Waals surface area contributed by atoms with Gasteiger partial charge in [-0.15, -0.1) is 0 Å². The molecule has 0 heterocycles. The number of nitrogens with zero attached hydrogens (tertiary/aromatic N) is 1. The number of para-hydroxylation sites is 1. The van der Waals surface area contributed by atoms with E-state index in [4.69, 9.17) is 0 Å². The summed E-state index contributed by atoms with van der Waals surface area (Å²) in [5.41, 5.74) is -0.186. The Morgan fingerprint density at radius 1 is 1.27 bits per heavy atom. The van der Waals surface area contributed by atoms with Crippen molar-refractivity contribution in [2.75, 3.05) is 11.9 Å². The first-order valence-corrected chi connectivity index (χ1v) is 4.86. The molecule has 3 heteroatoms. The maximum absolute atomic E-state index is 13.4. The predicted molar refractivity (Wildman–Crippen MR) is 59.3 cm³/mol. The van der Waals surface area contributed by atoms with Crippen molar-refractivity contribution in [2.24, 2.45) is 5.41 Å². The zero-order valence-electron chi connectivity index (χ0n) is 9.54. The number of anilines is 1. The van der Waals surface area contributed by atoms with Gasteiger partial charge >= 0.3 is 0 Å². The average molecular weight is 209 g/mol. The van der Waals surface area contributed by atoms with E-state index in [0.717, 1.165) is 0 Å². The van der Waals surface area contributed by atoms with Crippen LogP contribution in [0.1, 0.15) is 20.8 Å². The lowest BCUT2D eigenvalue weighted by Gasteiger charge is -2.26. The highest BCUT2D eigenvalue weighted by Gasteiger charge is 2.26. The van der Waals surface area contributed by atoms with Gasteiger partial charge in [0.2, 0.25) is 5.91 Å². The molecule has 1 aromatic carbocycles. The molecule has 0 aliphatic rings. The first-order valence-electron chi connectivity index (χ1n) is 4.86. The number of benzene rings is 1. The van der Waals surface area contributed by atoms with Crippen LogP contribution in [0.4, 0.5) is 10.1 Å². The van der Waals surface area contributed by atoms with Crippen molar-refractivity contribution in [1.82, 2.24) is 0 Å². The lowest BCUT2D eigenvalue weighted by atomic mass is 9.94. The number of halogens is 1. The quantitative estimate of drug-likeness (QED) is 0.696. The fourth-order valence-corrected chi connectivity index (χ4v) is 1.34. The van der Waals surface area contributed by atoms with E-state index >= 15 is 0 Å². The zero-order chi connectivity index (χ0) is 11.6. The molecular weight excluding hydrogens is 193 g/mol. The minimum absolute atomic E-state index is 0.104. The van der Waals surface area contributed by atoms with E-state index in [1.165, 1.54) is 11.0 Å². The molecule has 0 atom stereocenters. The van der Waals surface area contributed by atoms with Crippen LogP contribution in [0, 0.1) is 11.2 Å². The van der Waals surface area contributed by atoms with Crippen molar-refractivity contribution in [1.29, 1.82) is 0 Å². The van der Waals surface area contributed by atoms with Gasteiger partial charge in [-0.25, -0.2) is 4.39 Å². The second-order valence-corrected chi connectivity index (χ2v) is 4.57. The number of amides is 1. The van der Waals surface area contributed by atoms with Crippen molar-refractivity contribution in [3.8, 4) is 0 Å². The van der Waals surface area contributed by atoms with Gasteiger partial charge in [0.15, 0.2) is 0 Å². The van der Waals surface area contributed by atoms with Crippen molar-refractivity contribution < 1.29 is 9.18 Å². The smallest absolute Gasteiger partial charge is 0.232 e. The molecule has 0 spiro atoms. The third-order valence-electron chi connectivity index (χ3n) is 2.16. The molecule has 1 rings (SSSR count). The largest absolute Gasteiger partial charge is 0.312 e. The molecular formula is C12H16FNO. The zero-order valence-corrected chi connectivity index (χ0v) is 9.54. The third kappa shape index (κ3) is 2.55. The second kappa shape index (κ2) is 4.01. The Morgan fingerprint density at radius 2 is 1.80 bits per heavy atom. The molecule has 2 nitrogen and oxygen atoms in total. The van der Waals surface area contributed by atoms with Crippen LogP contribution in [0.2, 0.25) is 0 Å². The summed E-state index contributed by atoms with van der Waals surface area (Å²) >= 11 is 0. The van der Waals surface area contributed by atoms with Crippen molar-refractivity contribution in [3.05, 3.63) is 30.1 Å². The SMILES string of the molecule is CN(C(=O)C(C)(C)C)c1ccccc1F. The Labute approximate surface area is 89.7 Å². The van der Waals surface area contributed by atoms with Crippen LogP contribution in [0.15, 0.2) is 24.3 Å². The van der Waals surface area contributed by atoms with E-state index in [1.54, 1.807) is 25.2 Å². The summed E-state index contributed by atoms with van der Waals surface area (Å²) in [5, 5.41) is 0. The van der Waals surface area contributed by atoms with Gasteiger partial charge in [0.25, 0.3) is 0 Å². The van der Waals surface area contributed by atoms with E-state index in [2.05, 4.69) is 0 Å². The fourth-order valence-electron chi connectivity index (χ4n) is 1.34. The summed E-state index contributed by atoms with van der Waals surface area (Å²) in [4.78, 5) is 13.2. The standard InChI is InChI=1S/C12H16FNO/c1-12(2,3)11(15)14(4)10-8-6-5-7-9(10)13/h5-8H,1-4H3. The summed E-state index contributed by atoms with van der Waals surface area (Å²) in [5.74, 6) is -0.481. The van der Waals surface area contributed by atoms with Crippen LogP contribution in [0.25, 0.3) is 0 Å². The topological polar surface area (TPSA) is 20.3 Å². The van der Waals surface area contributed by atoms with Gasteiger partial charge in [-0.2, -0.15) is 0 Å². The molecule has 0 aliphatic heterocycles. The molecule has 82 valence electrons. The molecule has 0 radical (unpaired) electrons. The van der Waals surface area contributed by atoms with Gasteiger partial charge in [0.05, 0.1) is 5.69 Å². The summed E-state index contributed by atoms with van der Waals surface area (Å²) in [6.07, 6.45) is 0. The number of hydrogen-bond acceptors (Lipinski definition) is 1. The number of carbonyl (C=O) groups excluding carboxylic acids is 1. The highest BCUT2D eigenvalue weighted by molar-refractivity contribution is 5.96. The van der Waals surface area contributed by atoms with E-state index in [0.29, 0.717) is 5.69 Å². The summed E-state index contributed by atoms with van der Waals surface area (Å²) in [7, 11) is 1.59. The van der Waals surface area contributed by atoms with Crippen LogP contribution < -0.4 is 4.90 Å². The minimum atomic E-state index is -0.503. The van der Waals surface area contributed by atoms with E-state index < -0.39 is 5.41 Å². The van der Waals surface area contributed by atoms with Gasteiger partial charge in [0.1, 0.15) is 5.82 Å². The van der Waals surface area contributed by atoms with Gasteiger partial charge in [-0.3, -0.25) is 4.79 Å². The molecule has 1 aromatic rings. The maximum atomic E-state index is 13.4. The van der Waals surface area contributed by atoms with Crippen LogP contribution in [-0.2, 0) is 4.79 Å². The molecule has 0 unspecified atom stereocenters. The molecule has 0 saturated heterocycles. The summed E-state index contributed by atoms with van der Waals surface area (Å²) in [6.45, 7) is 5.44. The lowest BCUT2D eigenvalue weighted by molar-refractivity contribution is -0.125. The monoisotopic (exact) mass is 209 g/mol. The Kier molecular flexibility index (Phi) is 3.12. The van der Waals surface area contributed by atoms with Gasteiger partial charge in [0, 0.05) is 12.5 Å². The molecule has 0 aliphatic carbocycles. The Hall–Kier alpha value is -1.38. The van der Waals surface area contributed by atoms with Crippen molar-refractivity contribution >= 4 is 11.6 Å². The minimum Gasteiger partial charge on any atom is -0.312 e. The van der Waals surface area contributed by atoms with E-state index in [9.17, 15) is 9.18 Å². The van der Waals surface area contributed by atoms with E-state index in [-0.39, 0.29) is 11.7 Å². The van der Waals surface area contributed by atoms with Crippen LogP contribution in [0.3, 0.4) is 0 Å². The number of hydrogen-bond donors (Lipinski definition) is 0. The molecule has 1 amide bonds.